The van der Waals surface area contributed by atoms with Crippen LogP contribution in [0.5, 0.6) is 0 Å². The van der Waals surface area contributed by atoms with E-state index in [0.717, 1.165) is 22.3 Å². The molecule has 16 heavy (non-hydrogen) atoms. The molecule has 0 atom stereocenters. The molecule has 0 amide bonds. The normalized spacial score (nSPS) is 10.4. The van der Waals surface area contributed by atoms with E-state index in [1.165, 1.54) is 4.88 Å². The van der Waals surface area contributed by atoms with Crippen LogP contribution in [0.1, 0.15) is 10.4 Å². The van der Waals surface area contributed by atoms with Crippen molar-refractivity contribution in [3.63, 3.8) is 0 Å². The summed E-state index contributed by atoms with van der Waals surface area (Å²) < 4.78 is 1.13. The van der Waals surface area contributed by atoms with Crippen molar-refractivity contribution in [3.8, 4) is 0 Å². The Morgan fingerprint density at radius 3 is 2.75 bits per heavy atom. The first-order valence-corrected chi connectivity index (χ1v) is 6.63. The van der Waals surface area contributed by atoms with Gasteiger partial charge in [-0.15, -0.1) is 11.3 Å². The quantitative estimate of drug-likeness (QED) is 0.903. The van der Waals surface area contributed by atoms with E-state index in [9.17, 15) is 5.11 Å². The lowest BCUT2D eigenvalue weighted by Crippen LogP contribution is -2.01. The molecule has 0 saturated carbocycles. The van der Waals surface area contributed by atoms with Crippen molar-refractivity contribution in [3.05, 3.63) is 50.6 Å². The summed E-state index contributed by atoms with van der Waals surface area (Å²) in [5.74, 6) is 0. The number of hydrogen-bond donors (Lipinski definition) is 2. The second kappa shape index (κ2) is 5.48. The molecule has 1 aromatic heterocycles. The Morgan fingerprint density at radius 2 is 2.06 bits per heavy atom. The summed E-state index contributed by atoms with van der Waals surface area (Å²) in [7, 11) is 0. The zero-order chi connectivity index (χ0) is 11.4. The number of anilines is 1. The number of nitrogens with one attached hydrogen (secondary N) is 1. The Hall–Kier alpha value is -0.840. The van der Waals surface area contributed by atoms with Crippen molar-refractivity contribution >= 4 is 33.0 Å². The number of halogens is 1. The summed E-state index contributed by atoms with van der Waals surface area (Å²) >= 11 is 5.21. The van der Waals surface area contributed by atoms with Crippen LogP contribution < -0.4 is 5.32 Å². The van der Waals surface area contributed by atoms with Gasteiger partial charge in [-0.05, 0) is 33.4 Å². The predicted octanol–water partition coefficient (Wildman–Crippen LogP) is 3.62. The number of benzene rings is 1. The molecule has 0 fully saturated rings. The number of thiophene rings is 1. The van der Waals surface area contributed by atoms with Crippen LogP contribution in [0.25, 0.3) is 0 Å². The molecular formula is C12H12BrNOS. The van der Waals surface area contributed by atoms with Gasteiger partial charge in [0.2, 0.25) is 0 Å². The van der Waals surface area contributed by atoms with E-state index in [2.05, 4.69) is 26.6 Å². The highest BCUT2D eigenvalue weighted by Crippen LogP contribution is 2.24. The van der Waals surface area contributed by atoms with E-state index in [1.54, 1.807) is 11.3 Å². The highest BCUT2D eigenvalue weighted by Gasteiger charge is 2.03. The lowest BCUT2D eigenvalue weighted by atomic mass is 10.2. The van der Waals surface area contributed by atoms with Gasteiger partial charge in [-0.3, -0.25) is 0 Å². The first-order chi connectivity index (χ1) is 7.81. The van der Waals surface area contributed by atoms with Crippen molar-refractivity contribution in [1.82, 2.24) is 0 Å². The summed E-state index contributed by atoms with van der Waals surface area (Å²) in [5.41, 5.74) is 1.92. The van der Waals surface area contributed by atoms with Gasteiger partial charge in [0.1, 0.15) is 0 Å². The molecule has 0 aliphatic carbocycles. The molecule has 2 aromatic rings. The molecule has 0 unspecified atom stereocenters. The van der Waals surface area contributed by atoms with Crippen LogP contribution in [0.4, 0.5) is 5.69 Å². The maximum Gasteiger partial charge on any atom is 0.0701 e. The molecule has 0 aliphatic heterocycles. The van der Waals surface area contributed by atoms with Crippen molar-refractivity contribution < 1.29 is 5.11 Å². The van der Waals surface area contributed by atoms with E-state index in [4.69, 9.17) is 0 Å². The minimum absolute atomic E-state index is 0.0643. The third-order valence-corrected chi connectivity index (χ3v) is 4.24. The molecule has 0 radical (unpaired) electrons. The summed E-state index contributed by atoms with van der Waals surface area (Å²) in [6, 6.07) is 9.83. The number of para-hydroxylation sites is 1. The van der Waals surface area contributed by atoms with Crippen LogP contribution >= 0.6 is 27.3 Å². The van der Waals surface area contributed by atoms with Crippen LogP contribution in [0.2, 0.25) is 0 Å². The average Bonchev–Trinajstić information content (AvgIpc) is 2.72. The maximum absolute atomic E-state index is 9.18. The topological polar surface area (TPSA) is 32.3 Å². The molecule has 2 N–H and O–H groups in total. The molecular weight excluding hydrogens is 286 g/mol. The predicted molar refractivity (Wildman–Crippen MR) is 71.7 cm³/mol. The highest BCUT2D eigenvalue weighted by molar-refractivity contribution is 9.10. The van der Waals surface area contributed by atoms with E-state index >= 15 is 0 Å². The minimum atomic E-state index is 0.0643. The Morgan fingerprint density at radius 1 is 1.25 bits per heavy atom. The van der Waals surface area contributed by atoms with Gasteiger partial charge >= 0.3 is 0 Å². The van der Waals surface area contributed by atoms with Crippen molar-refractivity contribution in [2.45, 2.75) is 13.2 Å². The second-order valence-electron chi connectivity index (χ2n) is 3.36. The van der Waals surface area contributed by atoms with Crippen LogP contribution in [0.15, 0.2) is 40.2 Å². The first kappa shape index (κ1) is 11.6. The molecule has 4 heteroatoms. The van der Waals surface area contributed by atoms with Gasteiger partial charge in [-0.1, -0.05) is 18.2 Å². The number of aliphatic hydroxyl groups excluding tert-OH is 1. The minimum Gasteiger partial charge on any atom is -0.392 e. The summed E-state index contributed by atoms with van der Waals surface area (Å²) in [6.07, 6.45) is 0. The standard InChI is InChI=1S/C12H12BrNOS/c13-10-5-6-16-12(10)7-14-11-4-2-1-3-9(11)8-15/h1-6,14-15H,7-8H2. The fourth-order valence-electron chi connectivity index (χ4n) is 1.46. The Labute approximate surface area is 107 Å². The van der Waals surface area contributed by atoms with Gasteiger partial charge in [-0.25, -0.2) is 0 Å². The van der Waals surface area contributed by atoms with Crippen LogP contribution in [-0.4, -0.2) is 5.11 Å². The smallest absolute Gasteiger partial charge is 0.0701 e. The Bertz CT molecular complexity index is 470. The molecule has 0 aliphatic rings. The summed E-state index contributed by atoms with van der Waals surface area (Å²) in [5, 5.41) is 14.6. The van der Waals surface area contributed by atoms with E-state index in [1.807, 2.05) is 30.3 Å². The van der Waals surface area contributed by atoms with Gasteiger partial charge in [0, 0.05) is 20.6 Å². The van der Waals surface area contributed by atoms with Crippen molar-refractivity contribution in [2.75, 3.05) is 5.32 Å². The molecule has 0 spiro atoms. The van der Waals surface area contributed by atoms with Crippen molar-refractivity contribution in [1.29, 1.82) is 0 Å². The van der Waals surface area contributed by atoms with E-state index in [-0.39, 0.29) is 6.61 Å². The fraction of sp³-hybridized carbons (Fsp3) is 0.167. The highest BCUT2D eigenvalue weighted by atomic mass is 79.9. The SMILES string of the molecule is OCc1ccccc1NCc1sccc1Br. The zero-order valence-electron chi connectivity index (χ0n) is 8.61. The van der Waals surface area contributed by atoms with Gasteiger partial charge in [-0.2, -0.15) is 0 Å². The van der Waals surface area contributed by atoms with Gasteiger partial charge in [0.25, 0.3) is 0 Å². The number of hydrogen-bond acceptors (Lipinski definition) is 3. The van der Waals surface area contributed by atoms with Crippen molar-refractivity contribution in [2.24, 2.45) is 0 Å². The molecule has 1 heterocycles. The Balaban J connectivity index is 2.07. The number of rotatable bonds is 4. The van der Waals surface area contributed by atoms with E-state index in [0.29, 0.717) is 0 Å². The third kappa shape index (κ3) is 2.64. The lowest BCUT2D eigenvalue weighted by molar-refractivity contribution is 0.282. The van der Waals surface area contributed by atoms with Gasteiger partial charge < -0.3 is 10.4 Å². The fourth-order valence-corrected chi connectivity index (χ4v) is 2.89. The molecule has 0 saturated heterocycles. The zero-order valence-corrected chi connectivity index (χ0v) is 11.0. The molecule has 2 rings (SSSR count). The Kier molecular flexibility index (Phi) is 3.98. The number of aliphatic hydroxyl groups is 1. The summed E-state index contributed by atoms with van der Waals surface area (Å²) in [6.45, 7) is 0.837. The van der Waals surface area contributed by atoms with Gasteiger partial charge in [0.15, 0.2) is 0 Å². The molecule has 84 valence electrons. The van der Waals surface area contributed by atoms with E-state index < -0.39 is 0 Å². The first-order valence-electron chi connectivity index (χ1n) is 4.96. The third-order valence-electron chi connectivity index (χ3n) is 2.32. The summed E-state index contributed by atoms with van der Waals surface area (Å²) in [4.78, 5) is 1.26. The van der Waals surface area contributed by atoms with Crippen LogP contribution in [0.3, 0.4) is 0 Å². The molecule has 0 bridgehead atoms. The second-order valence-corrected chi connectivity index (χ2v) is 5.22. The van der Waals surface area contributed by atoms with Gasteiger partial charge in [0.05, 0.1) is 13.2 Å². The van der Waals surface area contributed by atoms with Crippen LogP contribution in [0, 0.1) is 0 Å². The lowest BCUT2D eigenvalue weighted by Gasteiger charge is -2.09. The van der Waals surface area contributed by atoms with Crippen LogP contribution in [-0.2, 0) is 13.2 Å². The largest absolute Gasteiger partial charge is 0.392 e. The monoisotopic (exact) mass is 297 g/mol. The average molecular weight is 298 g/mol. The molecule has 1 aromatic carbocycles. The molecule has 2 nitrogen and oxygen atoms in total. The maximum atomic E-state index is 9.18.